The van der Waals surface area contributed by atoms with E-state index in [1.807, 2.05) is 24.3 Å². The molecule has 1 aromatic carbocycles. The summed E-state index contributed by atoms with van der Waals surface area (Å²) in [5, 5.41) is 7.43. The van der Waals surface area contributed by atoms with Crippen molar-refractivity contribution >= 4 is 29.3 Å². The average Bonchev–Trinajstić information content (AvgIpc) is 2.81. The van der Waals surface area contributed by atoms with Gasteiger partial charge in [-0.05, 0) is 25.0 Å². The number of para-hydroxylation sites is 1. The molecule has 5 heteroatoms. The first-order chi connectivity index (χ1) is 10.8. The van der Waals surface area contributed by atoms with E-state index in [1.165, 1.54) is 38.5 Å². The molecule has 0 saturated heterocycles. The number of furan rings is 1. The molecule has 1 aromatic heterocycles. The number of benzene rings is 1. The van der Waals surface area contributed by atoms with Gasteiger partial charge in [0.15, 0.2) is 5.76 Å². The summed E-state index contributed by atoms with van der Waals surface area (Å²) in [7, 11) is 0. The summed E-state index contributed by atoms with van der Waals surface area (Å²) in [6.07, 6.45) is 7.89. The van der Waals surface area contributed by atoms with Crippen LogP contribution in [0.3, 0.4) is 0 Å². The Morgan fingerprint density at radius 2 is 1.83 bits per heavy atom. The van der Waals surface area contributed by atoms with Crippen LogP contribution < -0.4 is 10.6 Å². The highest BCUT2D eigenvalue weighted by atomic mass is 35.5. The monoisotopic (exact) mass is 336 g/mol. The lowest BCUT2D eigenvalue weighted by atomic mass is 10.1. The van der Waals surface area contributed by atoms with Crippen molar-refractivity contribution in [3.8, 4) is 0 Å². The summed E-state index contributed by atoms with van der Waals surface area (Å²) in [5.74, 6) is 0.245. The van der Waals surface area contributed by atoms with Gasteiger partial charge in [0, 0.05) is 24.5 Å². The quantitative estimate of drug-likeness (QED) is 0.643. The van der Waals surface area contributed by atoms with Gasteiger partial charge in [0.05, 0.1) is 0 Å². The van der Waals surface area contributed by atoms with Gasteiger partial charge < -0.3 is 15.1 Å². The van der Waals surface area contributed by atoms with Gasteiger partial charge in [-0.25, -0.2) is 0 Å². The van der Waals surface area contributed by atoms with Crippen LogP contribution in [-0.4, -0.2) is 25.0 Å². The van der Waals surface area contributed by atoms with Crippen LogP contribution in [0.1, 0.15) is 49.1 Å². The molecule has 1 aliphatic carbocycles. The van der Waals surface area contributed by atoms with Crippen molar-refractivity contribution in [1.82, 2.24) is 10.6 Å². The lowest BCUT2D eigenvalue weighted by Gasteiger charge is -2.16. The Morgan fingerprint density at radius 1 is 1.09 bits per heavy atom. The van der Waals surface area contributed by atoms with Gasteiger partial charge in [0.25, 0.3) is 5.91 Å². The van der Waals surface area contributed by atoms with E-state index in [0.717, 1.165) is 17.5 Å². The second-order valence-corrected chi connectivity index (χ2v) is 6.05. The number of carbonyl (C=O) groups excluding carboxylic acids is 1. The van der Waals surface area contributed by atoms with Crippen LogP contribution in [-0.2, 0) is 0 Å². The van der Waals surface area contributed by atoms with Gasteiger partial charge in [-0.2, -0.15) is 0 Å². The molecule has 1 amide bonds. The van der Waals surface area contributed by atoms with Gasteiger partial charge in [-0.15, -0.1) is 12.4 Å². The minimum Gasteiger partial charge on any atom is -0.451 e. The minimum atomic E-state index is -0.140. The maximum atomic E-state index is 12.1. The molecule has 0 atom stereocenters. The summed E-state index contributed by atoms with van der Waals surface area (Å²) in [6.45, 7) is 1.45. The summed E-state index contributed by atoms with van der Waals surface area (Å²) in [4.78, 5) is 12.1. The van der Waals surface area contributed by atoms with Gasteiger partial charge in [-0.1, -0.05) is 43.9 Å². The van der Waals surface area contributed by atoms with Crippen molar-refractivity contribution in [3.63, 3.8) is 0 Å². The third-order valence-corrected chi connectivity index (χ3v) is 4.35. The molecule has 1 heterocycles. The molecule has 1 saturated carbocycles. The van der Waals surface area contributed by atoms with Crippen molar-refractivity contribution in [1.29, 1.82) is 0 Å². The molecule has 1 aliphatic rings. The Balaban J connectivity index is 0.00000192. The predicted octanol–water partition coefficient (Wildman–Crippen LogP) is 3.90. The largest absolute Gasteiger partial charge is 0.451 e. The first kappa shape index (κ1) is 17.8. The van der Waals surface area contributed by atoms with Gasteiger partial charge >= 0.3 is 0 Å². The van der Waals surface area contributed by atoms with Gasteiger partial charge in [-0.3, -0.25) is 4.79 Å². The molecular formula is C18H25ClN2O2. The molecule has 0 spiro atoms. The van der Waals surface area contributed by atoms with E-state index in [0.29, 0.717) is 18.3 Å². The number of fused-ring (bicyclic) bond motifs is 1. The van der Waals surface area contributed by atoms with E-state index in [9.17, 15) is 4.79 Å². The molecule has 0 aliphatic heterocycles. The predicted molar refractivity (Wildman–Crippen MR) is 95.3 cm³/mol. The third-order valence-electron chi connectivity index (χ3n) is 4.35. The maximum Gasteiger partial charge on any atom is 0.287 e. The first-order valence-electron chi connectivity index (χ1n) is 8.33. The Labute approximate surface area is 143 Å². The molecule has 2 aromatic rings. The molecule has 2 N–H and O–H groups in total. The molecule has 1 fully saturated rings. The Kier molecular flexibility index (Phi) is 6.93. The van der Waals surface area contributed by atoms with Crippen molar-refractivity contribution < 1.29 is 9.21 Å². The first-order valence-corrected chi connectivity index (χ1v) is 8.33. The second-order valence-electron chi connectivity index (χ2n) is 6.05. The highest BCUT2D eigenvalue weighted by Crippen LogP contribution is 2.18. The van der Waals surface area contributed by atoms with E-state index < -0.39 is 0 Å². The number of halogens is 1. The maximum absolute atomic E-state index is 12.1. The van der Waals surface area contributed by atoms with Crippen molar-refractivity contribution in [2.45, 2.75) is 44.6 Å². The van der Waals surface area contributed by atoms with Crippen LogP contribution in [0.25, 0.3) is 11.0 Å². The standard InChI is InChI=1S/C18H24N2O2.ClH/c21-18(17-13-14-7-5-6-10-16(14)22-17)20-12-11-19-15-8-3-1-2-4-9-15;/h5-7,10,13,15,19H,1-4,8-9,11-12H2,(H,20,21);1H. The van der Waals surface area contributed by atoms with E-state index >= 15 is 0 Å². The van der Waals surface area contributed by atoms with Crippen LogP contribution in [0.5, 0.6) is 0 Å². The summed E-state index contributed by atoms with van der Waals surface area (Å²) in [6, 6.07) is 10.1. The Hall–Kier alpha value is -1.52. The topological polar surface area (TPSA) is 54.3 Å². The summed E-state index contributed by atoms with van der Waals surface area (Å²) < 4.78 is 5.56. The lowest BCUT2D eigenvalue weighted by Crippen LogP contribution is -2.36. The molecular weight excluding hydrogens is 312 g/mol. The normalized spacial score (nSPS) is 15.8. The molecule has 4 nitrogen and oxygen atoms in total. The number of amides is 1. The molecule has 0 radical (unpaired) electrons. The second kappa shape index (κ2) is 8.94. The molecule has 126 valence electrons. The van der Waals surface area contributed by atoms with E-state index in [-0.39, 0.29) is 18.3 Å². The highest BCUT2D eigenvalue weighted by molar-refractivity contribution is 5.96. The fourth-order valence-electron chi connectivity index (χ4n) is 3.12. The molecule has 0 unspecified atom stereocenters. The van der Waals surface area contributed by atoms with Crippen LogP contribution in [0.4, 0.5) is 0 Å². The fourth-order valence-corrected chi connectivity index (χ4v) is 3.12. The van der Waals surface area contributed by atoms with E-state index in [2.05, 4.69) is 10.6 Å². The zero-order valence-electron chi connectivity index (χ0n) is 13.3. The van der Waals surface area contributed by atoms with Crippen molar-refractivity contribution in [2.24, 2.45) is 0 Å². The molecule has 0 bridgehead atoms. The molecule has 23 heavy (non-hydrogen) atoms. The smallest absolute Gasteiger partial charge is 0.287 e. The van der Waals surface area contributed by atoms with Gasteiger partial charge in [0.2, 0.25) is 0 Å². The van der Waals surface area contributed by atoms with Crippen LogP contribution in [0, 0.1) is 0 Å². The lowest BCUT2D eigenvalue weighted by molar-refractivity contribution is 0.0928. The van der Waals surface area contributed by atoms with Crippen LogP contribution >= 0.6 is 12.4 Å². The van der Waals surface area contributed by atoms with Crippen molar-refractivity contribution in [2.75, 3.05) is 13.1 Å². The summed E-state index contributed by atoms with van der Waals surface area (Å²) in [5.41, 5.74) is 0.754. The molecule has 3 rings (SSSR count). The highest BCUT2D eigenvalue weighted by Gasteiger charge is 2.13. The Bertz CT molecular complexity index is 585. The third kappa shape index (κ3) is 4.98. The van der Waals surface area contributed by atoms with E-state index in [1.54, 1.807) is 6.07 Å². The van der Waals surface area contributed by atoms with Crippen molar-refractivity contribution in [3.05, 3.63) is 36.1 Å². The average molecular weight is 337 g/mol. The number of carbonyl (C=O) groups is 1. The number of hydrogen-bond acceptors (Lipinski definition) is 3. The summed E-state index contributed by atoms with van der Waals surface area (Å²) >= 11 is 0. The van der Waals surface area contributed by atoms with Gasteiger partial charge in [0.1, 0.15) is 5.58 Å². The zero-order valence-corrected chi connectivity index (χ0v) is 14.2. The van der Waals surface area contributed by atoms with E-state index in [4.69, 9.17) is 4.42 Å². The van der Waals surface area contributed by atoms with Crippen LogP contribution in [0.2, 0.25) is 0 Å². The SMILES string of the molecule is Cl.O=C(NCCNC1CCCCCC1)c1cc2ccccc2o1. The fraction of sp³-hybridized carbons (Fsp3) is 0.500. The zero-order chi connectivity index (χ0) is 15.2. The van der Waals surface area contributed by atoms with Crippen LogP contribution in [0.15, 0.2) is 34.7 Å². The Morgan fingerprint density at radius 3 is 2.57 bits per heavy atom. The number of rotatable bonds is 5. The number of hydrogen-bond donors (Lipinski definition) is 2. The number of nitrogens with one attached hydrogen (secondary N) is 2. The minimum absolute atomic E-state index is 0.